The maximum absolute atomic E-state index is 5.95. The van der Waals surface area contributed by atoms with Gasteiger partial charge in [0.25, 0.3) is 0 Å². The molecule has 0 unspecified atom stereocenters. The number of hydrogen-bond acceptors (Lipinski definition) is 2. The van der Waals surface area contributed by atoms with Crippen LogP contribution < -0.4 is 0 Å². The highest BCUT2D eigenvalue weighted by Crippen LogP contribution is 2.37. The number of benzene rings is 1. The first-order chi connectivity index (χ1) is 9.74. The monoisotopic (exact) mass is 347 g/mol. The molecule has 0 bridgehead atoms. The normalized spacial score (nSPS) is 13.9. The third-order valence-corrected chi connectivity index (χ3v) is 4.56. The molecule has 0 radical (unpaired) electrons. The predicted molar refractivity (Wildman–Crippen MR) is 84.0 cm³/mol. The summed E-state index contributed by atoms with van der Waals surface area (Å²) in [7, 11) is 0. The molecule has 4 rings (SSSR count). The predicted octanol–water partition coefficient (Wildman–Crippen LogP) is 4.46. The molecule has 0 saturated heterocycles. The molecule has 1 aromatic carbocycles. The smallest absolute Gasteiger partial charge is 0.222 e. The van der Waals surface area contributed by atoms with Crippen molar-refractivity contribution < 1.29 is 0 Å². The molecule has 5 heteroatoms. The first-order valence-electron chi connectivity index (χ1n) is 6.53. The van der Waals surface area contributed by atoms with Crippen LogP contribution in [0, 0.1) is 0 Å². The minimum Gasteiger partial charge on any atom is -0.347 e. The van der Waals surface area contributed by atoms with Gasteiger partial charge in [0.15, 0.2) is 0 Å². The van der Waals surface area contributed by atoms with Gasteiger partial charge in [0.2, 0.25) is 5.28 Å². The molecule has 3 aromatic rings. The van der Waals surface area contributed by atoms with Crippen LogP contribution in [0.2, 0.25) is 5.28 Å². The van der Waals surface area contributed by atoms with E-state index in [-0.39, 0.29) is 5.28 Å². The summed E-state index contributed by atoms with van der Waals surface area (Å²) in [6.45, 7) is 1.06. The Balaban J connectivity index is 2.07. The molecule has 0 N–H and O–H groups in total. The number of aromatic nitrogens is 3. The van der Waals surface area contributed by atoms with Crippen molar-refractivity contribution in [2.75, 3.05) is 0 Å². The van der Waals surface area contributed by atoms with Crippen LogP contribution in [0.15, 0.2) is 35.1 Å². The Morgan fingerprint density at radius 1 is 1.30 bits per heavy atom. The molecule has 0 fully saturated rings. The fraction of sp³-hybridized carbons (Fsp3) is 0.200. The van der Waals surface area contributed by atoms with Crippen LogP contribution in [-0.2, 0) is 13.0 Å². The van der Waals surface area contributed by atoms with Crippen LogP contribution in [0.25, 0.3) is 22.2 Å². The van der Waals surface area contributed by atoms with E-state index in [2.05, 4.69) is 54.9 Å². The van der Waals surface area contributed by atoms with Gasteiger partial charge in [0, 0.05) is 29.9 Å². The van der Waals surface area contributed by atoms with Gasteiger partial charge in [-0.1, -0.05) is 18.2 Å². The van der Waals surface area contributed by atoms with Gasteiger partial charge in [-0.05, 0) is 45.9 Å². The van der Waals surface area contributed by atoms with E-state index >= 15 is 0 Å². The van der Waals surface area contributed by atoms with Crippen molar-refractivity contribution >= 4 is 38.4 Å². The van der Waals surface area contributed by atoms with Gasteiger partial charge in [-0.15, -0.1) is 0 Å². The van der Waals surface area contributed by atoms with Crippen molar-refractivity contribution in [2.45, 2.75) is 19.4 Å². The fourth-order valence-corrected chi connectivity index (χ4v) is 3.52. The highest BCUT2D eigenvalue weighted by molar-refractivity contribution is 9.10. The quantitative estimate of drug-likeness (QED) is 0.608. The van der Waals surface area contributed by atoms with Crippen LogP contribution in [0.1, 0.15) is 12.0 Å². The number of aryl methyl sites for hydroxylation is 2. The van der Waals surface area contributed by atoms with E-state index in [4.69, 9.17) is 11.6 Å². The van der Waals surface area contributed by atoms with Gasteiger partial charge in [-0.2, -0.15) is 0 Å². The van der Waals surface area contributed by atoms with Crippen molar-refractivity contribution in [3.63, 3.8) is 0 Å². The molecule has 0 saturated carbocycles. The lowest BCUT2D eigenvalue weighted by molar-refractivity contribution is 0.636. The molecule has 0 atom stereocenters. The molecule has 0 amide bonds. The average Bonchev–Trinajstić information content (AvgIpc) is 2.83. The molecule has 20 heavy (non-hydrogen) atoms. The molecule has 2 aromatic heterocycles. The van der Waals surface area contributed by atoms with Crippen molar-refractivity contribution in [2.24, 2.45) is 0 Å². The molecular weight excluding hydrogens is 338 g/mol. The average molecular weight is 349 g/mol. The van der Waals surface area contributed by atoms with E-state index in [0.29, 0.717) is 0 Å². The highest BCUT2D eigenvalue weighted by atomic mass is 79.9. The minimum atomic E-state index is 0.273. The van der Waals surface area contributed by atoms with Crippen molar-refractivity contribution in [1.29, 1.82) is 0 Å². The molecule has 0 aliphatic carbocycles. The highest BCUT2D eigenvalue weighted by Gasteiger charge is 2.19. The first kappa shape index (κ1) is 12.4. The van der Waals surface area contributed by atoms with Crippen LogP contribution >= 0.6 is 27.5 Å². The number of para-hydroxylation sites is 1. The summed E-state index contributed by atoms with van der Waals surface area (Å²) < 4.78 is 3.19. The van der Waals surface area contributed by atoms with E-state index < -0.39 is 0 Å². The lowest BCUT2D eigenvalue weighted by atomic mass is 10.0. The van der Waals surface area contributed by atoms with E-state index in [1.807, 2.05) is 0 Å². The third-order valence-electron chi connectivity index (χ3n) is 3.80. The number of rotatable bonds is 1. The summed E-state index contributed by atoms with van der Waals surface area (Å²) in [5, 5.41) is 1.51. The zero-order valence-electron chi connectivity index (χ0n) is 10.6. The fourth-order valence-electron chi connectivity index (χ4n) is 2.98. The zero-order valence-corrected chi connectivity index (χ0v) is 12.9. The van der Waals surface area contributed by atoms with Gasteiger partial charge in [0.1, 0.15) is 0 Å². The Kier molecular flexibility index (Phi) is 2.82. The van der Waals surface area contributed by atoms with Crippen LogP contribution in [0.4, 0.5) is 0 Å². The summed E-state index contributed by atoms with van der Waals surface area (Å²) in [5.74, 6) is 0. The molecule has 3 nitrogen and oxygen atoms in total. The van der Waals surface area contributed by atoms with Crippen molar-refractivity contribution in [3.05, 3.63) is 45.9 Å². The van der Waals surface area contributed by atoms with E-state index in [9.17, 15) is 0 Å². The minimum absolute atomic E-state index is 0.273. The molecule has 0 spiro atoms. The lowest BCUT2D eigenvalue weighted by Gasteiger charge is -2.14. The van der Waals surface area contributed by atoms with E-state index in [1.54, 1.807) is 6.20 Å². The van der Waals surface area contributed by atoms with Crippen LogP contribution in [0.3, 0.4) is 0 Å². The van der Waals surface area contributed by atoms with Crippen molar-refractivity contribution in [3.8, 4) is 11.3 Å². The molecule has 3 heterocycles. The number of nitrogens with zero attached hydrogens (tertiary/aromatic N) is 3. The summed E-state index contributed by atoms with van der Waals surface area (Å²) >= 11 is 9.48. The Hall–Kier alpha value is -1.39. The first-order valence-corrected chi connectivity index (χ1v) is 7.70. The SMILES string of the molecule is Clc1ncc(Br)c(-c2cn3c4c(cccc24)CCC3)n1. The largest absolute Gasteiger partial charge is 0.347 e. The number of halogens is 2. The molecular formula is C15H11BrClN3. The van der Waals surface area contributed by atoms with Crippen LogP contribution in [-0.4, -0.2) is 14.5 Å². The summed E-state index contributed by atoms with van der Waals surface area (Å²) in [6, 6.07) is 6.48. The van der Waals surface area contributed by atoms with Gasteiger partial charge in [-0.3, -0.25) is 0 Å². The maximum atomic E-state index is 5.95. The van der Waals surface area contributed by atoms with Gasteiger partial charge in [0.05, 0.1) is 15.7 Å². The van der Waals surface area contributed by atoms with Gasteiger partial charge < -0.3 is 4.57 Å². The maximum Gasteiger partial charge on any atom is 0.222 e. The Morgan fingerprint density at radius 2 is 2.20 bits per heavy atom. The lowest BCUT2D eigenvalue weighted by Crippen LogP contribution is -2.05. The topological polar surface area (TPSA) is 30.7 Å². The Bertz CT molecular complexity index is 825. The standard InChI is InChI=1S/C15H11BrClN3/c16-12-7-18-15(17)19-13(12)11-8-20-6-2-4-9-3-1-5-10(11)14(9)20/h1,3,5,7-8H,2,4,6H2. The van der Waals surface area contributed by atoms with E-state index in [0.717, 1.165) is 28.7 Å². The molecule has 1 aliphatic heterocycles. The Morgan fingerprint density at radius 3 is 3.10 bits per heavy atom. The third kappa shape index (κ3) is 1.79. The second kappa shape index (κ2) is 4.57. The van der Waals surface area contributed by atoms with Gasteiger partial charge in [-0.25, -0.2) is 9.97 Å². The number of hydrogen-bond donors (Lipinski definition) is 0. The molecule has 100 valence electrons. The summed E-state index contributed by atoms with van der Waals surface area (Å²) in [6.07, 6.45) is 6.21. The molecule has 1 aliphatic rings. The second-order valence-corrected chi connectivity index (χ2v) is 6.18. The van der Waals surface area contributed by atoms with Crippen molar-refractivity contribution in [1.82, 2.24) is 14.5 Å². The van der Waals surface area contributed by atoms with E-state index in [1.165, 1.54) is 22.9 Å². The Labute approximate surface area is 129 Å². The second-order valence-electron chi connectivity index (χ2n) is 4.99. The van der Waals surface area contributed by atoms with Gasteiger partial charge >= 0.3 is 0 Å². The summed E-state index contributed by atoms with van der Waals surface area (Å²) in [5.41, 5.74) is 4.71. The van der Waals surface area contributed by atoms with Crippen LogP contribution in [0.5, 0.6) is 0 Å². The summed E-state index contributed by atoms with van der Waals surface area (Å²) in [4.78, 5) is 8.39. The zero-order chi connectivity index (χ0) is 13.7.